The predicted octanol–water partition coefficient (Wildman–Crippen LogP) is 15.6. The Bertz CT molecular complexity index is 3110. The van der Waals surface area contributed by atoms with Crippen LogP contribution in [-0.4, -0.2) is 0 Å². The first-order chi connectivity index (χ1) is 30.3. The largest absolute Gasteiger partial charge is 0.456 e. The van der Waals surface area contributed by atoms with Gasteiger partial charge in [-0.2, -0.15) is 0 Å². The fourth-order valence-corrected chi connectivity index (χ4v) is 18.6. The molecule has 10 aliphatic carbocycles. The molecule has 62 heavy (non-hydrogen) atoms. The van der Waals surface area contributed by atoms with E-state index in [0.717, 1.165) is 52.6 Å². The standard InChI is InChI=1S/C60H55NO/c1-57(2)50-12-6-3-9-44(50)46-17-15-41(27-52(46)57)61(42-16-18-47-45-10-4-7-13-51(45)60(53(47)28-42)38-20-34-19-35(22-38)23-39(60)21-34)43-26-49-48-11-5-8-14-55(48)62-56(49)54(29-43)58-30-36-24-37-25-40(32-58)59(37,31-36)33-58/h3-18,26-29,34-40H,19-25,30-33H2,1-2H3/t34?,35?,36?,37?,38?,39?,40?,58?,59-,60?/m0/s1. The van der Waals surface area contributed by atoms with E-state index < -0.39 is 0 Å². The van der Waals surface area contributed by atoms with Crippen LogP contribution in [0, 0.1) is 46.8 Å². The lowest BCUT2D eigenvalue weighted by Crippen LogP contribution is -2.55. The van der Waals surface area contributed by atoms with E-state index in [4.69, 9.17) is 4.42 Å². The van der Waals surface area contributed by atoms with Gasteiger partial charge in [-0.15, -0.1) is 0 Å². The highest BCUT2D eigenvalue weighted by molar-refractivity contribution is 6.08. The van der Waals surface area contributed by atoms with Crippen LogP contribution in [0.25, 0.3) is 44.2 Å². The molecule has 0 saturated heterocycles. The minimum atomic E-state index is -0.0905. The number of hydrogen-bond acceptors (Lipinski definition) is 2. The maximum Gasteiger partial charge on any atom is 0.139 e. The lowest BCUT2D eigenvalue weighted by atomic mass is 9.43. The quantitative estimate of drug-likeness (QED) is 0.176. The molecule has 0 radical (unpaired) electrons. The average Bonchev–Trinajstić information content (AvgIpc) is 3.98. The summed E-state index contributed by atoms with van der Waals surface area (Å²) in [7, 11) is 0. The van der Waals surface area contributed by atoms with Crippen molar-refractivity contribution in [1.82, 2.24) is 0 Å². The Hall–Kier alpha value is -5.08. The summed E-state index contributed by atoms with van der Waals surface area (Å²) in [5.74, 6) is 5.99. The first kappa shape index (κ1) is 34.4. The van der Waals surface area contributed by atoms with Crippen LogP contribution >= 0.6 is 0 Å². The second-order valence-corrected chi connectivity index (χ2v) is 23.2. The van der Waals surface area contributed by atoms with Gasteiger partial charge in [0.2, 0.25) is 0 Å². The normalized spacial score (nSPS) is 35.0. The van der Waals surface area contributed by atoms with E-state index >= 15 is 0 Å². The van der Waals surface area contributed by atoms with E-state index in [0.29, 0.717) is 5.41 Å². The number of furan rings is 1. The number of hydrogen-bond donors (Lipinski definition) is 0. The summed E-state index contributed by atoms with van der Waals surface area (Å²) in [5, 5.41) is 2.54. The topological polar surface area (TPSA) is 16.4 Å². The van der Waals surface area contributed by atoms with Gasteiger partial charge in [0.25, 0.3) is 0 Å². The molecule has 306 valence electrons. The molecule has 10 aliphatic rings. The van der Waals surface area contributed by atoms with Crippen LogP contribution in [0.15, 0.2) is 126 Å². The van der Waals surface area contributed by atoms with Crippen LogP contribution in [0.4, 0.5) is 17.1 Å². The molecule has 17 rings (SSSR count). The van der Waals surface area contributed by atoms with Crippen LogP contribution in [0.2, 0.25) is 0 Å². The van der Waals surface area contributed by atoms with Gasteiger partial charge in [0, 0.05) is 49.6 Å². The maximum absolute atomic E-state index is 7.10. The molecule has 2 nitrogen and oxygen atoms in total. The zero-order valence-corrected chi connectivity index (χ0v) is 36.2. The molecule has 7 bridgehead atoms. The van der Waals surface area contributed by atoms with Gasteiger partial charge in [0.15, 0.2) is 0 Å². The SMILES string of the molecule is CC1(C)c2ccccc2-c2ccc(N(c3ccc4c(c3)C3(c5ccccc5-4)C4CC5CC(C4)CC3C5)c3cc(C45CC6CC7CC(C4)[C@@]7(C6)C5)c4oc5ccccc5c4c3)cc21. The van der Waals surface area contributed by atoms with Crippen molar-refractivity contribution >= 4 is 39.0 Å². The number of anilines is 3. The molecule has 8 saturated carbocycles. The van der Waals surface area contributed by atoms with Crippen molar-refractivity contribution in [3.05, 3.63) is 149 Å². The highest BCUT2D eigenvalue weighted by Crippen LogP contribution is 2.79. The number of benzene rings is 6. The molecule has 2 spiro atoms. The Kier molecular flexibility index (Phi) is 6.20. The van der Waals surface area contributed by atoms with Crippen LogP contribution < -0.4 is 4.90 Å². The van der Waals surface area contributed by atoms with Gasteiger partial charge in [0.1, 0.15) is 11.2 Å². The third kappa shape index (κ3) is 3.96. The molecule has 0 aliphatic heterocycles. The Morgan fingerprint density at radius 3 is 1.89 bits per heavy atom. The average molecular weight is 806 g/mol. The fourth-order valence-electron chi connectivity index (χ4n) is 18.6. The zero-order chi connectivity index (χ0) is 40.5. The van der Waals surface area contributed by atoms with E-state index in [-0.39, 0.29) is 16.2 Å². The summed E-state index contributed by atoms with van der Waals surface area (Å²) in [6.07, 6.45) is 15.5. The maximum atomic E-state index is 7.10. The third-order valence-corrected chi connectivity index (χ3v) is 20.4. The van der Waals surface area contributed by atoms with Crippen LogP contribution in [0.1, 0.15) is 112 Å². The van der Waals surface area contributed by atoms with Gasteiger partial charge >= 0.3 is 0 Å². The fraction of sp³-hybridized carbons (Fsp3) is 0.400. The number of nitrogens with zero attached hydrogens (tertiary/aromatic N) is 1. The Labute approximate surface area is 365 Å². The van der Waals surface area contributed by atoms with Gasteiger partial charge in [-0.1, -0.05) is 92.7 Å². The minimum absolute atomic E-state index is 0.0905. The van der Waals surface area contributed by atoms with Crippen molar-refractivity contribution in [3.8, 4) is 22.3 Å². The van der Waals surface area contributed by atoms with Crippen LogP contribution in [0.3, 0.4) is 0 Å². The molecule has 2 heteroatoms. The Morgan fingerprint density at radius 2 is 1.10 bits per heavy atom. The lowest BCUT2D eigenvalue weighted by Gasteiger charge is -2.61. The molecule has 0 amide bonds. The van der Waals surface area contributed by atoms with Crippen LogP contribution in [-0.2, 0) is 16.2 Å². The Balaban J connectivity index is 0.959. The molecule has 7 aromatic rings. The minimum Gasteiger partial charge on any atom is -0.456 e. The molecule has 1 heterocycles. The second-order valence-electron chi connectivity index (χ2n) is 23.2. The molecule has 8 fully saturated rings. The smallest absolute Gasteiger partial charge is 0.139 e. The molecule has 4 unspecified atom stereocenters. The van der Waals surface area contributed by atoms with Gasteiger partial charge < -0.3 is 9.32 Å². The summed E-state index contributed by atoms with van der Waals surface area (Å²) < 4.78 is 7.10. The number of rotatable bonds is 4. The van der Waals surface area contributed by atoms with Gasteiger partial charge in [0.05, 0.1) is 0 Å². The monoisotopic (exact) mass is 805 g/mol. The first-order valence-electron chi connectivity index (χ1n) is 24.6. The van der Waals surface area contributed by atoms with Crippen molar-refractivity contribution in [1.29, 1.82) is 0 Å². The van der Waals surface area contributed by atoms with E-state index in [1.165, 1.54) is 137 Å². The van der Waals surface area contributed by atoms with Crippen molar-refractivity contribution < 1.29 is 4.42 Å². The van der Waals surface area contributed by atoms with E-state index in [1.54, 1.807) is 11.1 Å². The van der Waals surface area contributed by atoms with Crippen molar-refractivity contribution in [2.75, 3.05) is 4.90 Å². The van der Waals surface area contributed by atoms with Gasteiger partial charge in [-0.25, -0.2) is 0 Å². The highest BCUT2D eigenvalue weighted by atomic mass is 16.3. The molecule has 6 aromatic carbocycles. The summed E-state index contributed by atoms with van der Waals surface area (Å²) in [4.78, 5) is 2.70. The lowest BCUT2D eigenvalue weighted by molar-refractivity contribution is -0.0399. The van der Waals surface area contributed by atoms with E-state index in [2.05, 4.69) is 140 Å². The Morgan fingerprint density at radius 1 is 0.468 bits per heavy atom. The van der Waals surface area contributed by atoms with Crippen molar-refractivity contribution in [2.24, 2.45) is 46.8 Å². The molecule has 1 aromatic heterocycles. The van der Waals surface area contributed by atoms with Gasteiger partial charge in [-0.05, 0) is 204 Å². The second kappa shape index (κ2) is 11.2. The number of para-hydroxylation sites is 1. The number of fused-ring (bicyclic) bond motifs is 11. The zero-order valence-electron chi connectivity index (χ0n) is 36.2. The molecule has 5 atom stereocenters. The van der Waals surface area contributed by atoms with Crippen LogP contribution in [0.5, 0.6) is 0 Å². The van der Waals surface area contributed by atoms with Gasteiger partial charge in [-0.3, -0.25) is 0 Å². The van der Waals surface area contributed by atoms with Crippen molar-refractivity contribution in [3.63, 3.8) is 0 Å². The summed E-state index contributed by atoms with van der Waals surface area (Å²) >= 11 is 0. The summed E-state index contributed by atoms with van der Waals surface area (Å²) in [6.45, 7) is 4.88. The first-order valence-corrected chi connectivity index (χ1v) is 24.6. The van der Waals surface area contributed by atoms with E-state index in [1.807, 2.05) is 0 Å². The summed E-state index contributed by atoms with van der Waals surface area (Å²) in [5.41, 5.74) is 20.2. The molecular formula is C60H55NO. The molecule has 0 N–H and O–H groups in total. The third-order valence-electron chi connectivity index (χ3n) is 20.4. The highest BCUT2D eigenvalue weighted by Gasteiger charge is 2.71. The summed E-state index contributed by atoms with van der Waals surface area (Å²) in [6, 6.07) is 48.1. The van der Waals surface area contributed by atoms with E-state index in [9.17, 15) is 0 Å². The molecular weight excluding hydrogens is 751 g/mol. The van der Waals surface area contributed by atoms with Crippen molar-refractivity contribution in [2.45, 2.75) is 101 Å². The predicted molar refractivity (Wildman–Crippen MR) is 252 cm³/mol.